The van der Waals surface area contributed by atoms with Gasteiger partial charge < -0.3 is 14.8 Å². The first-order chi connectivity index (χ1) is 17.2. The van der Waals surface area contributed by atoms with Crippen molar-refractivity contribution in [2.75, 3.05) is 51.8 Å². The minimum absolute atomic E-state index is 0.0217. The van der Waals surface area contributed by atoms with E-state index in [0.29, 0.717) is 31.7 Å². The zero-order chi connectivity index (χ0) is 25.8. The molecule has 4 rings (SSSR count). The summed E-state index contributed by atoms with van der Waals surface area (Å²) in [6.07, 6.45) is 0.768. The fraction of sp³-hybridized carbons (Fsp3) is 0.458. The van der Waals surface area contributed by atoms with E-state index in [1.54, 1.807) is 30.3 Å². The van der Waals surface area contributed by atoms with E-state index in [9.17, 15) is 21.6 Å². The molecule has 2 aliphatic heterocycles. The predicted octanol–water partition coefficient (Wildman–Crippen LogP) is 1.90. The van der Waals surface area contributed by atoms with Gasteiger partial charge in [-0.2, -0.15) is 4.31 Å². The fourth-order valence-electron chi connectivity index (χ4n) is 4.40. The quantitative estimate of drug-likeness (QED) is 0.546. The monoisotopic (exact) mass is 537 g/mol. The number of rotatable bonds is 8. The molecule has 2 aromatic carbocycles. The Morgan fingerprint density at radius 1 is 0.972 bits per heavy atom. The number of amides is 1. The van der Waals surface area contributed by atoms with E-state index in [2.05, 4.69) is 5.32 Å². The van der Waals surface area contributed by atoms with Crippen LogP contribution in [0.2, 0.25) is 0 Å². The highest BCUT2D eigenvalue weighted by atomic mass is 32.2. The molecule has 2 fully saturated rings. The minimum Gasteiger partial charge on any atom is -0.495 e. The largest absolute Gasteiger partial charge is 0.495 e. The number of sulfonamides is 2. The molecule has 1 N–H and O–H groups in total. The van der Waals surface area contributed by atoms with Crippen molar-refractivity contribution >= 4 is 31.6 Å². The van der Waals surface area contributed by atoms with Crippen molar-refractivity contribution in [1.29, 1.82) is 0 Å². The first-order valence-electron chi connectivity index (χ1n) is 11.8. The zero-order valence-corrected chi connectivity index (χ0v) is 21.8. The van der Waals surface area contributed by atoms with Crippen molar-refractivity contribution in [2.45, 2.75) is 23.5 Å². The molecule has 2 heterocycles. The van der Waals surface area contributed by atoms with E-state index in [1.807, 2.05) is 6.07 Å². The lowest BCUT2D eigenvalue weighted by atomic mass is 9.97. The van der Waals surface area contributed by atoms with Crippen molar-refractivity contribution < 1.29 is 31.1 Å². The van der Waals surface area contributed by atoms with Crippen LogP contribution < -0.4 is 10.1 Å². The molecule has 0 radical (unpaired) electrons. The van der Waals surface area contributed by atoms with Crippen LogP contribution in [0.15, 0.2) is 53.4 Å². The van der Waals surface area contributed by atoms with E-state index in [-0.39, 0.29) is 54.4 Å². The van der Waals surface area contributed by atoms with Crippen LogP contribution in [0.1, 0.15) is 18.4 Å². The molecule has 0 spiro atoms. The number of ether oxygens (including phenoxy) is 2. The van der Waals surface area contributed by atoms with E-state index < -0.39 is 20.0 Å². The van der Waals surface area contributed by atoms with Crippen molar-refractivity contribution in [1.82, 2.24) is 8.61 Å². The van der Waals surface area contributed by atoms with Crippen LogP contribution in [-0.4, -0.2) is 77.9 Å². The molecule has 196 valence electrons. The van der Waals surface area contributed by atoms with Gasteiger partial charge in [0.05, 0.1) is 26.1 Å². The summed E-state index contributed by atoms with van der Waals surface area (Å²) in [7, 11) is -5.92. The molecule has 2 aromatic rings. The average molecular weight is 538 g/mol. The van der Waals surface area contributed by atoms with Crippen LogP contribution in [0.3, 0.4) is 0 Å². The Balaban J connectivity index is 1.40. The van der Waals surface area contributed by atoms with Gasteiger partial charge in [0.2, 0.25) is 26.0 Å². The van der Waals surface area contributed by atoms with Crippen LogP contribution in [0, 0.1) is 5.92 Å². The van der Waals surface area contributed by atoms with Crippen molar-refractivity contribution in [3.63, 3.8) is 0 Å². The van der Waals surface area contributed by atoms with Gasteiger partial charge in [-0.3, -0.25) is 4.79 Å². The molecular formula is C24H31N3O7S2. The molecule has 2 saturated heterocycles. The van der Waals surface area contributed by atoms with Gasteiger partial charge in [0.25, 0.3) is 0 Å². The van der Waals surface area contributed by atoms with Gasteiger partial charge in [0.1, 0.15) is 10.6 Å². The molecule has 0 bridgehead atoms. The smallest absolute Gasteiger partial charge is 0.246 e. The van der Waals surface area contributed by atoms with Crippen LogP contribution >= 0.6 is 0 Å². The molecule has 0 saturated carbocycles. The molecular weight excluding hydrogens is 506 g/mol. The highest BCUT2D eigenvalue weighted by Gasteiger charge is 2.32. The van der Waals surface area contributed by atoms with Crippen LogP contribution in [0.4, 0.5) is 5.69 Å². The van der Waals surface area contributed by atoms with Gasteiger partial charge in [-0.25, -0.2) is 21.1 Å². The number of piperidine rings is 1. The molecule has 0 atom stereocenters. The van der Waals surface area contributed by atoms with Gasteiger partial charge in [0, 0.05) is 37.8 Å². The standard InChI is InChI=1S/C24H31N3O7S2/c1-33-22-8-7-21(17-23(22)36(31,32)27-13-15-34-16-14-27)25-24(28)20-9-11-26(12-10-20)35(29,30)18-19-5-3-2-4-6-19/h2-8,17,20H,9-16,18H2,1H3,(H,25,28). The fourth-order valence-corrected chi connectivity index (χ4v) is 7.55. The number of hydrogen-bond acceptors (Lipinski definition) is 7. The van der Waals surface area contributed by atoms with Crippen LogP contribution in [0.25, 0.3) is 0 Å². The van der Waals surface area contributed by atoms with Gasteiger partial charge in [-0.1, -0.05) is 30.3 Å². The normalized spacial score (nSPS) is 18.6. The molecule has 1 amide bonds. The molecule has 2 aliphatic rings. The molecule has 0 aliphatic carbocycles. The molecule has 0 unspecified atom stereocenters. The van der Waals surface area contributed by atoms with Gasteiger partial charge >= 0.3 is 0 Å². The summed E-state index contributed by atoms with van der Waals surface area (Å²) in [5.41, 5.74) is 1.06. The lowest BCUT2D eigenvalue weighted by molar-refractivity contribution is -0.120. The third kappa shape index (κ3) is 6.06. The Morgan fingerprint density at radius 3 is 2.28 bits per heavy atom. The molecule has 36 heavy (non-hydrogen) atoms. The number of nitrogens with one attached hydrogen (secondary N) is 1. The summed E-state index contributed by atoms with van der Waals surface area (Å²) >= 11 is 0. The number of hydrogen-bond donors (Lipinski definition) is 1. The number of nitrogens with zero attached hydrogens (tertiary/aromatic N) is 2. The second-order valence-corrected chi connectivity index (χ2v) is 12.7. The number of benzene rings is 2. The Hall–Kier alpha value is -2.51. The highest BCUT2D eigenvalue weighted by Crippen LogP contribution is 2.31. The number of carbonyl (C=O) groups is 1. The zero-order valence-electron chi connectivity index (χ0n) is 20.1. The lowest BCUT2D eigenvalue weighted by Crippen LogP contribution is -2.42. The summed E-state index contributed by atoms with van der Waals surface area (Å²) in [6.45, 7) is 1.64. The Morgan fingerprint density at radius 2 is 1.64 bits per heavy atom. The maximum Gasteiger partial charge on any atom is 0.246 e. The van der Waals surface area contributed by atoms with Crippen molar-refractivity contribution in [3.8, 4) is 5.75 Å². The van der Waals surface area contributed by atoms with Gasteiger partial charge in [-0.05, 0) is 36.6 Å². The number of morpholine rings is 1. The number of anilines is 1. The Kier molecular flexibility index (Phi) is 8.30. The van der Waals surface area contributed by atoms with E-state index in [1.165, 1.54) is 27.9 Å². The summed E-state index contributed by atoms with van der Waals surface area (Å²) in [6, 6.07) is 13.5. The van der Waals surface area contributed by atoms with Crippen LogP contribution in [0.5, 0.6) is 5.75 Å². The van der Waals surface area contributed by atoms with Crippen LogP contribution in [-0.2, 0) is 35.3 Å². The first-order valence-corrected chi connectivity index (χ1v) is 14.8. The lowest BCUT2D eigenvalue weighted by Gasteiger charge is -2.30. The highest BCUT2D eigenvalue weighted by molar-refractivity contribution is 7.89. The average Bonchev–Trinajstić information content (AvgIpc) is 2.89. The second kappa shape index (κ2) is 11.3. The minimum atomic E-state index is -3.83. The first kappa shape index (κ1) is 26.6. The summed E-state index contributed by atoms with van der Waals surface area (Å²) < 4.78 is 65.2. The SMILES string of the molecule is COc1ccc(NC(=O)C2CCN(S(=O)(=O)Cc3ccccc3)CC2)cc1S(=O)(=O)N1CCOCC1. The Bertz CT molecular complexity index is 1270. The van der Waals surface area contributed by atoms with E-state index in [0.717, 1.165) is 5.56 Å². The summed E-state index contributed by atoms with van der Waals surface area (Å²) in [5, 5.41) is 2.80. The number of methoxy groups -OCH3 is 1. The molecule has 0 aromatic heterocycles. The molecule has 12 heteroatoms. The van der Waals surface area contributed by atoms with E-state index in [4.69, 9.17) is 9.47 Å². The third-order valence-electron chi connectivity index (χ3n) is 6.43. The Labute approximate surface area is 212 Å². The van der Waals surface area contributed by atoms with Gasteiger partial charge in [0.15, 0.2) is 0 Å². The maximum absolute atomic E-state index is 13.2. The predicted molar refractivity (Wildman–Crippen MR) is 135 cm³/mol. The molecule has 10 nitrogen and oxygen atoms in total. The number of carbonyl (C=O) groups excluding carboxylic acids is 1. The third-order valence-corrected chi connectivity index (χ3v) is 10.2. The van der Waals surface area contributed by atoms with Crippen molar-refractivity contribution in [2.24, 2.45) is 5.92 Å². The maximum atomic E-state index is 13.2. The second-order valence-electron chi connectivity index (χ2n) is 8.79. The van der Waals surface area contributed by atoms with Crippen molar-refractivity contribution in [3.05, 3.63) is 54.1 Å². The van der Waals surface area contributed by atoms with Gasteiger partial charge in [-0.15, -0.1) is 0 Å². The topological polar surface area (TPSA) is 122 Å². The van der Waals surface area contributed by atoms with E-state index >= 15 is 0 Å². The summed E-state index contributed by atoms with van der Waals surface area (Å²) in [4.78, 5) is 12.9. The summed E-state index contributed by atoms with van der Waals surface area (Å²) in [5.74, 6) is -0.530.